The number of rotatable bonds is 5. The van der Waals surface area contributed by atoms with Crippen molar-refractivity contribution in [3.05, 3.63) is 40.9 Å². The van der Waals surface area contributed by atoms with Crippen LogP contribution in [0, 0.1) is 0 Å². The molecule has 0 unspecified atom stereocenters. The molecule has 0 aliphatic heterocycles. The fraction of sp³-hybridized carbons (Fsp3) is 0.357. The lowest BCUT2D eigenvalue weighted by Crippen LogP contribution is -2.21. The van der Waals surface area contributed by atoms with Gasteiger partial charge in [-0.25, -0.2) is 0 Å². The van der Waals surface area contributed by atoms with Crippen LogP contribution in [0.2, 0.25) is 0 Å². The molecule has 5 nitrogen and oxygen atoms in total. The van der Waals surface area contributed by atoms with E-state index in [1.165, 1.54) is 16.9 Å². The number of nitrogens with one attached hydrogen (secondary N) is 1. The summed E-state index contributed by atoms with van der Waals surface area (Å²) in [6.07, 6.45) is 0.868. The van der Waals surface area contributed by atoms with Gasteiger partial charge in [0.05, 0.1) is 6.54 Å². The first-order chi connectivity index (χ1) is 9.51. The van der Waals surface area contributed by atoms with E-state index in [0.717, 1.165) is 11.4 Å². The van der Waals surface area contributed by atoms with E-state index in [1.807, 2.05) is 18.2 Å². The Labute approximate surface area is 122 Å². The molecule has 0 aliphatic rings. The van der Waals surface area contributed by atoms with Gasteiger partial charge in [-0.15, -0.1) is 10.2 Å². The molecule has 6 heteroatoms. The van der Waals surface area contributed by atoms with Crippen LogP contribution in [0.3, 0.4) is 0 Å². The molecule has 0 bridgehead atoms. The number of hydrogen-bond acceptors (Lipinski definition) is 5. The van der Waals surface area contributed by atoms with E-state index in [9.17, 15) is 4.79 Å². The minimum absolute atomic E-state index is 0.0533. The van der Waals surface area contributed by atoms with Crippen LogP contribution in [0.25, 0.3) is 0 Å². The van der Waals surface area contributed by atoms with E-state index >= 15 is 0 Å². The number of anilines is 1. The molecular formula is C14H18N4OS. The van der Waals surface area contributed by atoms with Crippen molar-refractivity contribution in [1.29, 1.82) is 0 Å². The SMILES string of the molecule is CC(C)(Cc1ccccc1)c1nnc(NC(=O)CN)s1. The fourth-order valence-corrected chi connectivity index (χ4v) is 2.76. The van der Waals surface area contributed by atoms with Crippen LogP contribution in [0.5, 0.6) is 0 Å². The van der Waals surface area contributed by atoms with Crippen molar-refractivity contribution in [3.63, 3.8) is 0 Å². The molecule has 0 aliphatic carbocycles. The van der Waals surface area contributed by atoms with Gasteiger partial charge in [0, 0.05) is 5.41 Å². The molecule has 2 rings (SSSR count). The summed E-state index contributed by atoms with van der Waals surface area (Å²) < 4.78 is 0. The quantitative estimate of drug-likeness (QED) is 0.882. The van der Waals surface area contributed by atoms with Crippen molar-refractivity contribution < 1.29 is 4.79 Å². The zero-order chi connectivity index (χ0) is 14.6. The summed E-state index contributed by atoms with van der Waals surface area (Å²) in [4.78, 5) is 11.2. The Morgan fingerprint density at radius 3 is 2.65 bits per heavy atom. The van der Waals surface area contributed by atoms with Crippen molar-refractivity contribution in [1.82, 2.24) is 10.2 Å². The van der Waals surface area contributed by atoms with Gasteiger partial charge >= 0.3 is 0 Å². The monoisotopic (exact) mass is 290 g/mol. The molecule has 1 amide bonds. The molecule has 2 aromatic rings. The van der Waals surface area contributed by atoms with E-state index in [2.05, 4.69) is 41.5 Å². The minimum atomic E-state index is -0.256. The normalized spacial score (nSPS) is 11.3. The maximum Gasteiger partial charge on any atom is 0.239 e. The van der Waals surface area contributed by atoms with Crippen LogP contribution in [-0.2, 0) is 16.6 Å². The van der Waals surface area contributed by atoms with Gasteiger partial charge in [0.15, 0.2) is 0 Å². The van der Waals surface area contributed by atoms with Gasteiger partial charge in [0.2, 0.25) is 11.0 Å². The number of benzene rings is 1. The zero-order valence-corrected chi connectivity index (χ0v) is 12.4. The van der Waals surface area contributed by atoms with Gasteiger partial charge in [-0.05, 0) is 12.0 Å². The number of carbonyl (C=O) groups excluding carboxylic acids is 1. The standard InChI is InChI=1S/C14H18N4OS/c1-14(2,8-10-6-4-3-5-7-10)12-17-18-13(20-12)16-11(19)9-15/h3-7H,8-9,15H2,1-2H3,(H,16,18,19). The third kappa shape index (κ3) is 3.61. The molecule has 0 saturated carbocycles. The predicted octanol–water partition coefficient (Wildman–Crippen LogP) is 1.96. The number of aromatic nitrogens is 2. The highest BCUT2D eigenvalue weighted by Gasteiger charge is 2.26. The van der Waals surface area contributed by atoms with Crippen LogP contribution in [0.15, 0.2) is 30.3 Å². The first-order valence-electron chi connectivity index (χ1n) is 6.39. The summed E-state index contributed by atoms with van der Waals surface area (Å²) in [5.74, 6) is -0.256. The van der Waals surface area contributed by atoms with Gasteiger partial charge in [0.1, 0.15) is 5.01 Å². The highest BCUT2D eigenvalue weighted by Crippen LogP contribution is 2.31. The minimum Gasteiger partial charge on any atom is -0.322 e. The van der Waals surface area contributed by atoms with E-state index < -0.39 is 0 Å². The Balaban J connectivity index is 2.11. The van der Waals surface area contributed by atoms with Gasteiger partial charge in [-0.2, -0.15) is 0 Å². The lowest BCUT2D eigenvalue weighted by molar-refractivity contribution is -0.114. The van der Waals surface area contributed by atoms with Crippen LogP contribution in [0.1, 0.15) is 24.4 Å². The average molecular weight is 290 g/mol. The van der Waals surface area contributed by atoms with E-state index in [-0.39, 0.29) is 17.9 Å². The van der Waals surface area contributed by atoms with E-state index in [4.69, 9.17) is 5.73 Å². The molecule has 0 atom stereocenters. The summed E-state index contributed by atoms with van der Waals surface area (Å²) in [6, 6.07) is 10.2. The Morgan fingerprint density at radius 1 is 1.30 bits per heavy atom. The number of nitrogens with two attached hydrogens (primary N) is 1. The lowest BCUT2D eigenvalue weighted by atomic mass is 9.86. The molecule has 0 radical (unpaired) electrons. The molecule has 1 aromatic heterocycles. The van der Waals surface area contributed by atoms with E-state index in [1.54, 1.807) is 0 Å². The Morgan fingerprint density at radius 2 is 2.00 bits per heavy atom. The third-order valence-electron chi connectivity index (χ3n) is 2.92. The Hall–Kier alpha value is -1.79. The Kier molecular flexibility index (Phi) is 4.46. The molecular weight excluding hydrogens is 272 g/mol. The average Bonchev–Trinajstić information content (AvgIpc) is 2.88. The molecule has 106 valence electrons. The topological polar surface area (TPSA) is 80.9 Å². The molecule has 0 saturated heterocycles. The third-order valence-corrected chi connectivity index (χ3v) is 4.13. The molecule has 0 spiro atoms. The first-order valence-corrected chi connectivity index (χ1v) is 7.21. The number of carbonyl (C=O) groups is 1. The second-order valence-corrected chi connectivity index (χ2v) is 6.19. The maximum absolute atomic E-state index is 11.2. The van der Waals surface area contributed by atoms with Crippen molar-refractivity contribution in [2.45, 2.75) is 25.7 Å². The second kappa shape index (κ2) is 6.11. The molecule has 1 heterocycles. The summed E-state index contributed by atoms with van der Waals surface area (Å²) in [5, 5.41) is 12.2. The number of nitrogens with zero attached hydrogens (tertiary/aromatic N) is 2. The summed E-state index contributed by atoms with van der Waals surface area (Å²) in [5.41, 5.74) is 6.38. The molecule has 1 aromatic carbocycles. The zero-order valence-electron chi connectivity index (χ0n) is 11.6. The first kappa shape index (κ1) is 14.6. The summed E-state index contributed by atoms with van der Waals surface area (Å²) in [7, 11) is 0. The molecule has 0 fully saturated rings. The van der Waals surface area contributed by atoms with Gasteiger partial charge < -0.3 is 5.73 Å². The smallest absolute Gasteiger partial charge is 0.239 e. The molecule has 3 N–H and O–H groups in total. The van der Waals surface area contributed by atoms with Gasteiger partial charge in [0.25, 0.3) is 0 Å². The van der Waals surface area contributed by atoms with Crippen LogP contribution >= 0.6 is 11.3 Å². The van der Waals surface area contributed by atoms with Gasteiger partial charge in [-0.3, -0.25) is 10.1 Å². The summed E-state index contributed by atoms with van der Waals surface area (Å²) in [6.45, 7) is 4.19. The van der Waals surface area contributed by atoms with Crippen LogP contribution in [0.4, 0.5) is 5.13 Å². The van der Waals surface area contributed by atoms with Crippen molar-refractivity contribution in [3.8, 4) is 0 Å². The number of hydrogen-bond donors (Lipinski definition) is 2. The molecule has 20 heavy (non-hydrogen) atoms. The highest BCUT2D eigenvalue weighted by molar-refractivity contribution is 7.15. The van der Waals surface area contributed by atoms with Crippen LogP contribution in [-0.4, -0.2) is 22.6 Å². The second-order valence-electron chi connectivity index (χ2n) is 5.21. The van der Waals surface area contributed by atoms with Crippen LogP contribution < -0.4 is 11.1 Å². The summed E-state index contributed by atoms with van der Waals surface area (Å²) >= 11 is 1.39. The number of amides is 1. The largest absolute Gasteiger partial charge is 0.322 e. The Bertz CT molecular complexity index is 580. The van der Waals surface area contributed by atoms with Crippen molar-refractivity contribution in [2.75, 3.05) is 11.9 Å². The van der Waals surface area contributed by atoms with Crippen molar-refractivity contribution in [2.24, 2.45) is 5.73 Å². The fourth-order valence-electron chi connectivity index (χ4n) is 1.90. The van der Waals surface area contributed by atoms with E-state index in [0.29, 0.717) is 5.13 Å². The lowest BCUT2D eigenvalue weighted by Gasteiger charge is -2.21. The predicted molar refractivity (Wildman–Crippen MR) is 80.8 cm³/mol. The van der Waals surface area contributed by atoms with Crippen molar-refractivity contribution >= 4 is 22.4 Å². The maximum atomic E-state index is 11.2. The highest BCUT2D eigenvalue weighted by atomic mass is 32.1. The van der Waals surface area contributed by atoms with Gasteiger partial charge in [-0.1, -0.05) is 55.5 Å².